The van der Waals surface area contributed by atoms with Crippen LogP contribution < -0.4 is 29.6 Å². The number of hydrogen-bond acceptors (Lipinski definition) is 4. The van der Waals surface area contributed by atoms with Crippen molar-refractivity contribution >= 4 is 10.1 Å². The molecule has 64 valence electrons. The van der Waals surface area contributed by atoms with Crippen LogP contribution in [0.1, 0.15) is 13.8 Å². The maximum Gasteiger partial charge on any atom is 1.00 e. The fourth-order valence-corrected chi connectivity index (χ4v) is 0.621. The van der Waals surface area contributed by atoms with E-state index in [2.05, 4.69) is 4.74 Å². The van der Waals surface area contributed by atoms with Crippen molar-refractivity contribution in [1.82, 2.24) is 0 Å². The second-order valence-corrected chi connectivity index (χ2v) is 3.17. The molecule has 2 N–H and O–H groups in total. The maximum absolute atomic E-state index is 10.0. The van der Waals surface area contributed by atoms with Crippen LogP contribution in [0.4, 0.5) is 0 Å². The topological polar surface area (TPSA) is 97.9 Å². The third kappa shape index (κ3) is 8.74. The van der Waals surface area contributed by atoms with Crippen molar-refractivity contribution in [3.05, 3.63) is 0 Å². The largest absolute Gasteiger partial charge is 1.00 e. The molecule has 0 saturated heterocycles. The van der Waals surface area contributed by atoms with Gasteiger partial charge >= 0.3 is 29.6 Å². The summed E-state index contributed by atoms with van der Waals surface area (Å²) in [5.41, 5.74) is -1.22. The molecule has 0 rings (SSSR count). The predicted octanol–water partition coefficient (Wildman–Crippen LogP) is -3.91. The fraction of sp³-hybridized carbons (Fsp3) is 1.00. The van der Waals surface area contributed by atoms with Gasteiger partial charge in [0.05, 0.1) is 0 Å². The van der Waals surface area contributed by atoms with Gasteiger partial charge in [-0.1, -0.05) is 0 Å². The van der Waals surface area contributed by atoms with E-state index in [1.807, 2.05) is 0 Å². The van der Waals surface area contributed by atoms with E-state index in [0.29, 0.717) is 0 Å². The van der Waals surface area contributed by atoms with Crippen LogP contribution in [0.3, 0.4) is 0 Å². The minimum atomic E-state index is -4.24. The van der Waals surface area contributed by atoms with E-state index in [1.165, 1.54) is 6.92 Å². The molecular formula is C4H11NaO5S. The molecule has 0 fully saturated rings. The van der Waals surface area contributed by atoms with Gasteiger partial charge in [-0.2, -0.15) is 0 Å². The molecule has 0 aliphatic heterocycles. The fourth-order valence-electron chi connectivity index (χ4n) is 0.318. The van der Waals surface area contributed by atoms with Gasteiger partial charge in [-0.15, -0.1) is 0 Å². The van der Waals surface area contributed by atoms with Gasteiger partial charge < -0.3 is 14.8 Å². The van der Waals surface area contributed by atoms with Gasteiger partial charge in [0.25, 0.3) is 0 Å². The third-order valence-corrected chi connectivity index (χ3v) is 1.76. The number of hydrogen-bond donors (Lipinski definition) is 0. The molecule has 0 radical (unpaired) electrons. The Morgan fingerprint density at radius 2 is 1.91 bits per heavy atom. The molecule has 1 atom stereocenters. The molecule has 0 heterocycles. The van der Waals surface area contributed by atoms with E-state index in [4.69, 9.17) is 0 Å². The minimum absolute atomic E-state index is 0. The van der Waals surface area contributed by atoms with Crippen LogP contribution in [-0.4, -0.2) is 30.5 Å². The van der Waals surface area contributed by atoms with Crippen molar-refractivity contribution in [3.63, 3.8) is 0 Å². The Bertz CT molecular complexity index is 165. The standard InChI is InChI=1S/C4H10O4S.Na.H2O/c1-3-8-4(2)9(5,6)7;;/h4H,3H2,1-2H3,(H,5,6,7);;1H2/q;+1;/p-1. The smallest absolute Gasteiger partial charge is 0.746 e. The molecule has 0 bridgehead atoms. The molecule has 11 heavy (non-hydrogen) atoms. The molecule has 5 nitrogen and oxygen atoms in total. The summed E-state index contributed by atoms with van der Waals surface area (Å²) >= 11 is 0. The van der Waals surface area contributed by atoms with Gasteiger partial charge in [0.2, 0.25) is 0 Å². The quantitative estimate of drug-likeness (QED) is 0.338. The molecule has 7 heteroatoms. The van der Waals surface area contributed by atoms with Crippen molar-refractivity contribution in [2.45, 2.75) is 19.3 Å². The van der Waals surface area contributed by atoms with Crippen LogP contribution in [0.15, 0.2) is 0 Å². The summed E-state index contributed by atoms with van der Waals surface area (Å²) in [5.74, 6) is 0. The molecule has 0 aromatic rings. The van der Waals surface area contributed by atoms with Gasteiger partial charge in [0, 0.05) is 6.61 Å². The van der Waals surface area contributed by atoms with Crippen molar-refractivity contribution < 1.29 is 52.7 Å². The van der Waals surface area contributed by atoms with Crippen molar-refractivity contribution in [2.24, 2.45) is 0 Å². The molecule has 0 spiro atoms. The van der Waals surface area contributed by atoms with Crippen LogP contribution in [0.5, 0.6) is 0 Å². The van der Waals surface area contributed by atoms with Crippen LogP contribution in [0.2, 0.25) is 0 Å². The van der Waals surface area contributed by atoms with E-state index >= 15 is 0 Å². The minimum Gasteiger partial charge on any atom is -0.746 e. The van der Waals surface area contributed by atoms with Crippen molar-refractivity contribution in [3.8, 4) is 0 Å². The summed E-state index contributed by atoms with van der Waals surface area (Å²) in [6.45, 7) is 3.08. The summed E-state index contributed by atoms with van der Waals surface area (Å²) in [5, 5.41) is 0. The zero-order chi connectivity index (χ0) is 7.49. The Kier molecular flexibility index (Phi) is 12.1. The third-order valence-electron chi connectivity index (χ3n) is 0.808. The number of rotatable bonds is 3. The van der Waals surface area contributed by atoms with Gasteiger partial charge in [0.1, 0.15) is 15.6 Å². The second kappa shape index (κ2) is 7.48. The van der Waals surface area contributed by atoms with Crippen LogP contribution in [0.25, 0.3) is 0 Å². The Morgan fingerprint density at radius 1 is 1.55 bits per heavy atom. The van der Waals surface area contributed by atoms with Crippen LogP contribution in [0, 0.1) is 0 Å². The first kappa shape index (κ1) is 17.8. The molecule has 0 aromatic carbocycles. The Labute approximate surface area is 88.5 Å². The first-order valence-corrected chi connectivity index (χ1v) is 4.02. The van der Waals surface area contributed by atoms with Gasteiger partial charge in [-0.3, -0.25) is 0 Å². The average molecular weight is 194 g/mol. The summed E-state index contributed by atoms with van der Waals surface area (Å²) in [7, 11) is -4.24. The number of ether oxygens (including phenoxy) is 1. The maximum atomic E-state index is 10.0. The molecule has 0 aliphatic rings. The molecule has 0 saturated carbocycles. The molecular weight excluding hydrogens is 183 g/mol. The monoisotopic (exact) mass is 194 g/mol. The van der Waals surface area contributed by atoms with Gasteiger partial charge in [-0.05, 0) is 13.8 Å². The molecule has 0 aromatic heterocycles. The Hall–Kier alpha value is 0.830. The molecule has 1 unspecified atom stereocenters. The SMILES string of the molecule is CCOC(C)S(=O)(=O)[O-].O.[Na+]. The van der Waals surface area contributed by atoms with E-state index in [0.717, 1.165) is 0 Å². The van der Waals surface area contributed by atoms with Gasteiger partial charge in [0.15, 0.2) is 0 Å². The van der Waals surface area contributed by atoms with Crippen LogP contribution in [-0.2, 0) is 14.9 Å². The average Bonchev–Trinajstić information content (AvgIpc) is 1.64. The zero-order valence-corrected chi connectivity index (χ0v) is 9.64. The van der Waals surface area contributed by atoms with Crippen molar-refractivity contribution in [1.29, 1.82) is 0 Å². The van der Waals surface area contributed by atoms with E-state index in [-0.39, 0.29) is 41.6 Å². The summed E-state index contributed by atoms with van der Waals surface area (Å²) in [6.07, 6.45) is 0. The predicted molar refractivity (Wildman–Crippen MR) is 34.4 cm³/mol. The van der Waals surface area contributed by atoms with E-state index in [9.17, 15) is 13.0 Å². The summed E-state index contributed by atoms with van der Waals surface area (Å²) in [4.78, 5) is 0. The summed E-state index contributed by atoms with van der Waals surface area (Å²) in [6, 6.07) is 0. The van der Waals surface area contributed by atoms with E-state index < -0.39 is 15.6 Å². The first-order chi connectivity index (χ1) is 3.98. The van der Waals surface area contributed by atoms with Crippen LogP contribution >= 0.6 is 0 Å². The molecule has 0 aliphatic carbocycles. The van der Waals surface area contributed by atoms with E-state index in [1.54, 1.807) is 6.92 Å². The zero-order valence-electron chi connectivity index (χ0n) is 6.83. The second-order valence-electron chi connectivity index (χ2n) is 1.52. The molecule has 0 amide bonds. The Morgan fingerprint density at radius 3 is 2.00 bits per heavy atom. The normalized spacial score (nSPS) is 12.6. The first-order valence-electron chi connectivity index (χ1n) is 2.54. The van der Waals surface area contributed by atoms with Gasteiger partial charge in [-0.25, -0.2) is 8.42 Å². The van der Waals surface area contributed by atoms with Crippen molar-refractivity contribution in [2.75, 3.05) is 6.61 Å². The Balaban J connectivity index is -0.000000320. The summed E-state index contributed by atoms with van der Waals surface area (Å²) < 4.78 is 34.6.